The van der Waals surface area contributed by atoms with Crippen molar-refractivity contribution >= 4 is 28.7 Å². The first kappa shape index (κ1) is 20.6. The summed E-state index contributed by atoms with van der Waals surface area (Å²) in [7, 11) is 2.99. The lowest BCUT2D eigenvalue weighted by atomic mass is 10.2. The van der Waals surface area contributed by atoms with Gasteiger partial charge in [0, 0.05) is 44.4 Å². The van der Waals surface area contributed by atoms with Crippen molar-refractivity contribution in [3.05, 3.63) is 57.0 Å². The molecule has 1 saturated carbocycles. The van der Waals surface area contributed by atoms with E-state index in [0.717, 1.165) is 17.4 Å². The maximum atomic E-state index is 12.5. The van der Waals surface area contributed by atoms with Gasteiger partial charge >= 0.3 is 5.69 Å². The smallest absolute Gasteiger partial charge is 0.332 e. The molecule has 2 heterocycles. The number of nitrogens with zero attached hydrogens (tertiary/aromatic N) is 4. The molecular weight excluding hydrogens is 400 g/mol. The molecule has 2 aromatic heterocycles. The number of benzene rings is 1. The van der Waals surface area contributed by atoms with Gasteiger partial charge in [0.25, 0.3) is 11.5 Å². The first-order chi connectivity index (χ1) is 14.8. The number of anilines is 1. The van der Waals surface area contributed by atoms with Crippen LogP contribution < -0.4 is 21.9 Å². The van der Waals surface area contributed by atoms with E-state index in [1.54, 1.807) is 35.9 Å². The fourth-order valence-corrected chi connectivity index (χ4v) is 3.43. The van der Waals surface area contributed by atoms with E-state index in [2.05, 4.69) is 15.6 Å². The zero-order chi connectivity index (χ0) is 22.1. The van der Waals surface area contributed by atoms with Crippen LogP contribution in [0.4, 0.5) is 5.69 Å². The Morgan fingerprint density at radius 3 is 2.68 bits per heavy atom. The molecule has 2 amide bonds. The van der Waals surface area contributed by atoms with Gasteiger partial charge < -0.3 is 15.2 Å². The van der Waals surface area contributed by atoms with E-state index in [-0.39, 0.29) is 24.3 Å². The number of hydrogen-bond acceptors (Lipinski definition) is 5. The van der Waals surface area contributed by atoms with Gasteiger partial charge in [-0.25, -0.2) is 9.78 Å². The van der Waals surface area contributed by atoms with E-state index in [1.807, 2.05) is 0 Å². The molecule has 0 aliphatic heterocycles. The van der Waals surface area contributed by atoms with Crippen LogP contribution in [0.2, 0.25) is 0 Å². The molecule has 0 unspecified atom stereocenters. The fraction of sp³-hybridized carbons (Fsp3) is 0.381. The second-order valence-electron chi connectivity index (χ2n) is 7.80. The molecule has 1 fully saturated rings. The minimum atomic E-state index is -0.435. The number of amides is 2. The average molecular weight is 424 g/mol. The molecule has 0 atom stereocenters. The standard InChI is InChI=1S/C21H24N6O4/c1-25-18-17(20(30)26(2)21(25)31)27(12-22-18)10-4-7-16(28)23-15-6-3-5-13(11-15)19(29)24-14-8-9-14/h3,5-6,11-12,14H,4,7-10H2,1-2H3,(H,23,28)(H,24,29). The Kier molecular flexibility index (Phi) is 5.45. The molecule has 31 heavy (non-hydrogen) atoms. The van der Waals surface area contributed by atoms with Crippen LogP contribution in [0.5, 0.6) is 0 Å². The second kappa shape index (κ2) is 8.21. The molecule has 3 aromatic rings. The number of carbonyl (C=O) groups excluding carboxylic acids is 2. The van der Waals surface area contributed by atoms with Gasteiger partial charge in [-0.1, -0.05) is 6.07 Å². The molecule has 0 radical (unpaired) electrons. The van der Waals surface area contributed by atoms with Gasteiger partial charge in [0.15, 0.2) is 11.2 Å². The van der Waals surface area contributed by atoms with Crippen LogP contribution in [0, 0.1) is 0 Å². The third-order valence-electron chi connectivity index (χ3n) is 5.34. The van der Waals surface area contributed by atoms with E-state index in [0.29, 0.717) is 35.4 Å². The summed E-state index contributed by atoms with van der Waals surface area (Å²) < 4.78 is 4.03. The monoisotopic (exact) mass is 424 g/mol. The lowest BCUT2D eigenvalue weighted by Gasteiger charge is -2.09. The Bertz CT molecular complexity index is 1280. The van der Waals surface area contributed by atoms with Crippen molar-refractivity contribution < 1.29 is 9.59 Å². The molecule has 0 saturated heterocycles. The highest BCUT2D eigenvalue weighted by atomic mass is 16.2. The highest BCUT2D eigenvalue weighted by Crippen LogP contribution is 2.20. The summed E-state index contributed by atoms with van der Waals surface area (Å²) in [5, 5.41) is 5.73. The summed E-state index contributed by atoms with van der Waals surface area (Å²) in [5.41, 5.74) is 0.871. The Hall–Kier alpha value is -3.69. The SMILES string of the molecule is Cn1c(=O)c2c(ncn2CCCC(=O)Nc2cccc(C(=O)NC3CC3)c2)n(C)c1=O. The number of aryl methyl sites for hydroxylation is 2. The summed E-state index contributed by atoms with van der Waals surface area (Å²) in [6, 6.07) is 7.10. The summed E-state index contributed by atoms with van der Waals surface area (Å²) >= 11 is 0. The Labute approximate surface area is 177 Å². The highest BCUT2D eigenvalue weighted by molar-refractivity contribution is 5.97. The molecule has 0 bridgehead atoms. The summed E-state index contributed by atoms with van der Waals surface area (Å²) in [5.74, 6) is -0.328. The number of imidazole rings is 1. The third kappa shape index (κ3) is 4.27. The first-order valence-corrected chi connectivity index (χ1v) is 10.2. The molecule has 4 rings (SSSR count). The van der Waals surface area contributed by atoms with Gasteiger partial charge in [0.2, 0.25) is 5.91 Å². The van der Waals surface area contributed by atoms with Crippen LogP contribution in [0.1, 0.15) is 36.0 Å². The van der Waals surface area contributed by atoms with E-state index in [9.17, 15) is 19.2 Å². The summed E-state index contributed by atoms with van der Waals surface area (Å²) in [6.45, 7) is 0.404. The molecular formula is C21H24N6O4. The van der Waals surface area contributed by atoms with Crippen LogP contribution >= 0.6 is 0 Å². The van der Waals surface area contributed by atoms with E-state index >= 15 is 0 Å². The molecule has 2 N–H and O–H groups in total. The van der Waals surface area contributed by atoms with Crippen LogP contribution in [0.25, 0.3) is 11.2 Å². The maximum Gasteiger partial charge on any atom is 0.332 e. The van der Waals surface area contributed by atoms with Gasteiger partial charge in [-0.15, -0.1) is 0 Å². The largest absolute Gasteiger partial charge is 0.349 e. The number of hydrogen-bond donors (Lipinski definition) is 2. The molecule has 162 valence electrons. The molecule has 1 aliphatic rings. The maximum absolute atomic E-state index is 12.5. The minimum absolute atomic E-state index is 0.137. The lowest BCUT2D eigenvalue weighted by molar-refractivity contribution is -0.116. The second-order valence-corrected chi connectivity index (χ2v) is 7.80. The van der Waals surface area contributed by atoms with Crippen LogP contribution in [-0.4, -0.2) is 36.5 Å². The number of carbonyl (C=O) groups is 2. The molecule has 0 spiro atoms. The third-order valence-corrected chi connectivity index (χ3v) is 5.34. The van der Waals surface area contributed by atoms with Crippen LogP contribution in [0.3, 0.4) is 0 Å². The molecule has 10 nitrogen and oxygen atoms in total. The number of aromatic nitrogens is 4. The summed E-state index contributed by atoms with van der Waals surface area (Å²) in [6.07, 6.45) is 4.23. The van der Waals surface area contributed by atoms with Crippen molar-refractivity contribution in [2.24, 2.45) is 14.1 Å². The van der Waals surface area contributed by atoms with Crippen molar-refractivity contribution in [3.8, 4) is 0 Å². The molecule has 1 aliphatic carbocycles. The van der Waals surface area contributed by atoms with Gasteiger partial charge in [0.05, 0.1) is 6.33 Å². The predicted octanol–water partition coefficient (Wildman–Crippen LogP) is 0.745. The van der Waals surface area contributed by atoms with Crippen LogP contribution in [0.15, 0.2) is 40.2 Å². The topological polar surface area (TPSA) is 120 Å². The zero-order valence-corrected chi connectivity index (χ0v) is 17.4. The average Bonchev–Trinajstić information content (AvgIpc) is 3.47. The normalized spacial score (nSPS) is 13.4. The Morgan fingerprint density at radius 1 is 1.16 bits per heavy atom. The minimum Gasteiger partial charge on any atom is -0.349 e. The van der Waals surface area contributed by atoms with E-state index in [1.165, 1.54) is 17.9 Å². The number of rotatable bonds is 7. The van der Waals surface area contributed by atoms with Crippen LogP contribution in [-0.2, 0) is 25.4 Å². The molecule has 10 heteroatoms. The van der Waals surface area contributed by atoms with Gasteiger partial charge in [-0.05, 0) is 37.5 Å². The van der Waals surface area contributed by atoms with Crippen molar-refractivity contribution in [1.82, 2.24) is 24.0 Å². The Balaban J connectivity index is 1.37. The van der Waals surface area contributed by atoms with Gasteiger partial charge in [-0.3, -0.25) is 23.5 Å². The zero-order valence-electron chi connectivity index (χ0n) is 17.4. The summed E-state index contributed by atoms with van der Waals surface area (Å²) in [4.78, 5) is 53.1. The van der Waals surface area contributed by atoms with Crippen molar-refractivity contribution in [1.29, 1.82) is 0 Å². The Morgan fingerprint density at radius 2 is 1.94 bits per heavy atom. The lowest BCUT2D eigenvalue weighted by Crippen LogP contribution is -2.37. The van der Waals surface area contributed by atoms with E-state index < -0.39 is 11.2 Å². The van der Waals surface area contributed by atoms with Crippen molar-refractivity contribution in [2.75, 3.05) is 5.32 Å². The fourth-order valence-electron chi connectivity index (χ4n) is 3.43. The quantitative estimate of drug-likeness (QED) is 0.580. The van der Waals surface area contributed by atoms with Crippen molar-refractivity contribution in [3.63, 3.8) is 0 Å². The van der Waals surface area contributed by atoms with E-state index in [4.69, 9.17) is 0 Å². The van der Waals surface area contributed by atoms with Gasteiger partial charge in [0.1, 0.15) is 0 Å². The first-order valence-electron chi connectivity index (χ1n) is 10.2. The predicted molar refractivity (Wildman–Crippen MR) is 115 cm³/mol. The van der Waals surface area contributed by atoms with Gasteiger partial charge in [-0.2, -0.15) is 0 Å². The highest BCUT2D eigenvalue weighted by Gasteiger charge is 2.23. The number of nitrogens with one attached hydrogen (secondary N) is 2. The van der Waals surface area contributed by atoms with Crippen molar-refractivity contribution in [2.45, 2.75) is 38.3 Å². The number of fused-ring (bicyclic) bond motifs is 1. The molecule has 1 aromatic carbocycles.